The summed E-state index contributed by atoms with van der Waals surface area (Å²) in [6, 6.07) is 6.57. The molecule has 1 aromatic heterocycles. The molecule has 0 bridgehead atoms. The third-order valence-corrected chi connectivity index (χ3v) is 6.73. The lowest BCUT2D eigenvalue weighted by molar-refractivity contribution is -0.155. The molecular formula is C24H31N5O5. The topological polar surface area (TPSA) is 127 Å². The van der Waals surface area contributed by atoms with Crippen LogP contribution in [0, 0.1) is 23.7 Å². The summed E-state index contributed by atoms with van der Waals surface area (Å²) in [5, 5.41) is 20.7. The number of amides is 2. The number of rotatable bonds is 9. The molecule has 4 rings (SSSR count). The van der Waals surface area contributed by atoms with E-state index in [0.29, 0.717) is 5.52 Å². The summed E-state index contributed by atoms with van der Waals surface area (Å²) in [6.45, 7) is 3.80. The first-order valence-electron chi connectivity index (χ1n) is 11.8. The zero-order valence-corrected chi connectivity index (χ0v) is 19.5. The van der Waals surface area contributed by atoms with Gasteiger partial charge in [0.1, 0.15) is 18.2 Å². The molecule has 1 fully saturated rings. The first-order chi connectivity index (χ1) is 16.5. The molecule has 1 aliphatic carbocycles. The van der Waals surface area contributed by atoms with E-state index < -0.39 is 29.8 Å². The Kier molecular flexibility index (Phi) is 7.26. The van der Waals surface area contributed by atoms with Crippen molar-refractivity contribution in [1.29, 1.82) is 0 Å². The first-order valence-corrected chi connectivity index (χ1v) is 11.8. The summed E-state index contributed by atoms with van der Waals surface area (Å²) in [5.74, 6) is -3.05. The first kappa shape index (κ1) is 23.9. The highest BCUT2D eigenvalue weighted by Gasteiger charge is 2.57. The van der Waals surface area contributed by atoms with E-state index in [4.69, 9.17) is 4.74 Å². The van der Waals surface area contributed by atoms with Crippen LogP contribution in [0.25, 0.3) is 11.0 Å². The summed E-state index contributed by atoms with van der Waals surface area (Å²) < 4.78 is 6.91. The van der Waals surface area contributed by atoms with Crippen molar-refractivity contribution in [2.24, 2.45) is 23.7 Å². The number of nitrogens with zero attached hydrogens (tertiary/aromatic N) is 4. The lowest BCUT2D eigenvalue weighted by Crippen LogP contribution is -2.48. The third kappa shape index (κ3) is 4.29. The van der Waals surface area contributed by atoms with Gasteiger partial charge in [-0.15, -0.1) is 5.10 Å². The molecule has 0 saturated carbocycles. The number of aliphatic hydroxyl groups is 1. The van der Waals surface area contributed by atoms with Gasteiger partial charge in [-0.2, -0.15) is 0 Å². The number of hydrogen-bond acceptors (Lipinski definition) is 7. The van der Waals surface area contributed by atoms with E-state index in [9.17, 15) is 19.5 Å². The van der Waals surface area contributed by atoms with Crippen molar-refractivity contribution in [2.75, 3.05) is 19.8 Å². The molecule has 2 aromatic rings. The number of esters is 1. The van der Waals surface area contributed by atoms with Gasteiger partial charge in [-0.05, 0) is 31.4 Å². The minimum Gasteiger partial charge on any atom is -0.466 e. The Morgan fingerprint density at radius 3 is 2.74 bits per heavy atom. The average molecular weight is 470 g/mol. The fourth-order valence-electron chi connectivity index (χ4n) is 5.31. The highest BCUT2D eigenvalue weighted by Crippen LogP contribution is 2.45. The van der Waals surface area contributed by atoms with Crippen molar-refractivity contribution < 1.29 is 24.2 Å². The molecule has 0 unspecified atom stereocenters. The summed E-state index contributed by atoms with van der Waals surface area (Å²) in [6.07, 6.45) is 5.44. The van der Waals surface area contributed by atoms with Crippen LogP contribution in [0.2, 0.25) is 0 Å². The standard InChI is InChI=1S/C24H31N5O5/c1-3-7-15-10-11-16-20(19(15)24(33)34-4-2)23(32)28(12-13-30)21(16)22(31)25-14-29-18-9-6-5-8-17(18)26-27-29/h5-6,8-11,15-16,19-21,30H,3-4,7,12-14H2,1-2H3,(H,25,31)/t15-,16+,19-,20-,21+/m1/s1. The smallest absolute Gasteiger partial charge is 0.310 e. The predicted molar refractivity (Wildman–Crippen MR) is 123 cm³/mol. The van der Waals surface area contributed by atoms with Crippen LogP contribution in [-0.4, -0.2) is 68.6 Å². The van der Waals surface area contributed by atoms with E-state index >= 15 is 0 Å². The summed E-state index contributed by atoms with van der Waals surface area (Å²) in [4.78, 5) is 41.2. The second-order valence-electron chi connectivity index (χ2n) is 8.70. The minimum absolute atomic E-state index is 0.0119. The van der Waals surface area contributed by atoms with Gasteiger partial charge >= 0.3 is 5.97 Å². The monoisotopic (exact) mass is 469 g/mol. The molecular weight excluding hydrogens is 438 g/mol. The Bertz CT molecular complexity index is 1080. The molecule has 182 valence electrons. The van der Waals surface area contributed by atoms with Crippen LogP contribution in [-0.2, 0) is 25.8 Å². The van der Waals surface area contributed by atoms with Crippen LogP contribution in [0.4, 0.5) is 0 Å². The van der Waals surface area contributed by atoms with Gasteiger partial charge in [0.05, 0.1) is 30.6 Å². The number of carbonyl (C=O) groups excluding carboxylic acids is 3. The molecule has 1 saturated heterocycles. The van der Waals surface area contributed by atoms with E-state index in [2.05, 4.69) is 15.6 Å². The maximum Gasteiger partial charge on any atom is 0.310 e. The molecule has 2 heterocycles. The van der Waals surface area contributed by atoms with Crippen LogP contribution in [0.1, 0.15) is 26.7 Å². The number of benzene rings is 1. The highest BCUT2D eigenvalue weighted by molar-refractivity contribution is 5.96. The number of para-hydroxylation sites is 1. The minimum atomic E-state index is -0.838. The average Bonchev–Trinajstić information content (AvgIpc) is 3.37. The number of ether oxygens (including phenoxy) is 1. The van der Waals surface area contributed by atoms with Crippen LogP contribution in [0.15, 0.2) is 36.4 Å². The Hall–Kier alpha value is -3.27. The Balaban J connectivity index is 1.60. The highest BCUT2D eigenvalue weighted by atomic mass is 16.5. The van der Waals surface area contributed by atoms with Crippen LogP contribution in [0.3, 0.4) is 0 Å². The predicted octanol–water partition coefficient (Wildman–Crippen LogP) is 1.11. The maximum absolute atomic E-state index is 13.5. The van der Waals surface area contributed by atoms with Crippen molar-refractivity contribution in [3.8, 4) is 0 Å². The third-order valence-electron chi connectivity index (χ3n) is 6.73. The number of carbonyl (C=O) groups is 3. The SMILES string of the molecule is CCC[C@@H]1C=C[C@H]2[C@@H](C(=O)N(CCO)[C@@H]2C(=O)NCn2nnc3ccccc32)[C@@H]1C(=O)OCC. The van der Waals surface area contributed by atoms with Gasteiger partial charge in [0.2, 0.25) is 11.8 Å². The number of allylic oxidation sites excluding steroid dienone is 1. The molecule has 5 atom stereocenters. The van der Waals surface area contributed by atoms with E-state index in [-0.39, 0.29) is 44.2 Å². The molecule has 10 heteroatoms. The van der Waals surface area contributed by atoms with Gasteiger partial charge < -0.3 is 20.1 Å². The zero-order chi connectivity index (χ0) is 24.2. The number of fused-ring (bicyclic) bond motifs is 2. The second-order valence-corrected chi connectivity index (χ2v) is 8.70. The second kappa shape index (κ2) is 10.3. The van der Waals surface area contributed by atoms with Gasteiger partial charge in [0, 0.05) is 12.5 Å². The fraction of sp³-hybridized carbons (Fsp3) is 0.542. The molecule has 2 aliphatic rings. The van der Waals surface area contributed by atoms with Gasteiger partial charge in [-0.25, -0.2) is 4.68 Å². The van der Waals surface area contributed by atoms with Crippen LogP contribution >= 0.6 is 0 Å². The van der Waals surface area contributed by atoms with Crippen molar-refractivity contribution in [3.63, 3.8) is 0 Å². The number of hydrogen-bond donors (Lipinski definition) is 2. The largest absolute Gasteiger partial charge is 0.466 e. The number of nitrogens with one attached hydrogen (secondary N) is 1. The van der Waals surface area contributed by atoms with E-state index in [0.717, 1.165) is 18.4 Å². The summed E-state index contributed by atoms with van der Waals surface area (Å²) >= 11 is 0. The van der Waals surface area contributed by atoms with Crippen molar-refractivity contribution in [1.82, 2.24) is 25.2 Å². The summed E-state index contributed by atoms with van der Waals surface area (Å²) in [5.41, 5.74) is 1.49. The fourth-order valence-corrected chi connectivity index (χ4v) is 5.31. The Morgan fingerprint density at radius 2 is 2.00 bits per heavy atom. The zero-order valence-electron chi connectivity index (χ0n) is 19.5. The molecule has 0 spiro atoms. The number of aromatic nitrogens is 3. The Morgan fingerprint density at radius 1 is 1.21 bits per heavy atom. The van der Waals surface area contributed by atoms with Gasteiger partial charge in [-0.1, -0.05) is 42.8 Å². The van der Waals surface area contributed by atoms with Crippen molar-refractivity contribution in [3.05, 3.63) is 36.4 Å². The molecule has 10 nitrogen and oxygen atoms in total. The van der Waals surface area contributed by atoms with Crippen molar-refractivity contribution in [2.45, 2.75) is 39.4 Å². The normalized spacial score (nSPS) is 26.0. The van der Waals surface area contributed by atoms with E-state index in [1.54, 1.807) is 11.6 Å². The van der Waals surface area contributed by atoms with Crippen molar-refractivity contribution >= 4 is 28.8 Å². The number of aliphatic hydroxyl groups excluding tert-OH is 1. The van der Waals surface area contributed by atoms with E-state index in [1.165, 1.54) is 4.90 Å². The molecule has 2 amide bonds. The molecule has 0 radical (unpaired) electrons. The lowest BCUT2D eigenvalue weighted by atomic mass is 9.69. The molecule has 2 N–H and O–H groups in total. The molecule has 1 aliphatic heterocycles. The van der Waals surface area contributed by atoms with Crippen LogP contribution in [0.5, 0.6) is 0 Å². The Labute approximate surface area is 197 Å². The van der Waals surface area contributed by atoms with Crippen LogP contribution < -0.4 is 5.32 Å². The van der Waals surface area contributed by atoms with Gasteiger partial charge in [0.25, 0.3) is 0 Å². The number of likely N-dealkylation sites (tertiary alicyclic amines) is 1. The van der Waals surface area contributed by atoms with Gasteiger partial charge in [0.15, 0.2) is 0 Å². The lowest BCUT2D eigenvalue weighted by Gasteiger charge is -2.33. The maximum atomic E-state index is 13.5. The van der Waals surface area contributed by atoms with E-state index in [1.807, 2.05) is 43.3 Å². The number of β-amino-alcohol motifs (C(OH)–C–C–N with tert-alkyl or cyclic N) is 1. The van der Waals surface area contributed by atoms with Gasteiger partial charge in [-0.3, -0.25) is 14.4 Å². The summed E-state index contributed by atoms with van der Waals surface area (Å²) in [7, 11) is 0. The molecule has 34 heavy (non-hydrogen) atoms. The molecule has 1 aromatic carbocycles. The quantitative estimate of drug-likeness (QED) is 0.416.